The van der Waals surface area contributed by atoms with Crippen molar-refractivity contribution in [3.8, 4) is 0 Å². The first-order chi connectivity index (χ1) is 12.2. The first kappa shape index (κ1) is 17.2. The summed E-state index contributed by atoms with van der Waals surface area (Å²) >= 11 is 6.00. The maximum absolute atomic E-state index is 12.0. The number of H-pyrrole nitrogens is 1. The van der Waals surface area contributed by atoms with Crippen molar-refractivity contribution in [1.82, 2.24) is 9.97 Å². The topological polar surface area (TPSA) is 57.8 Å². The molecular formula is C20H20ClN3O. The molecule has 0 amide bonds. The molecule has 0 fully saturated rings. The maximum Gasteiger partial charge on any atom is 0.162 e. The van der Waals surface area contributed by atoms with Crippen LogP contribution in [0.5, 0.6) is 0 Å². The van der Waals surface area contributed by atoms with E-state index < -0.39 is 0 Å². The van der Waals surface area contributed by atoms with Crippen LogP contribution in [0.2, 0.25) is 5.02 Å². The Labute approximate surface area is 152 Å². The van der Waals surface area contributed by atoms with Crippen molar-refractivity contribution in [3.05, 3.63) is 82.9 Å². The van der Waals surface area contributed by atoms with E-state index in [1.165, 1.54) is 0 Å². The molecule has 3 rings (SSSR count). The van der Waals surface area contributed by atoms with Crippen LogP contribution >= 0.6 is 11.6 Å². The number of halogens is 1. The molecule has 0 aliphatic rings. The lowest BCUT2D eigenvalue weighted by Crippen LogP contribution is -2.13. The summed E-state index contributed by atoms with van der Waals surface area (Å²) in [5.41, 5.74) is 3.70. The summed E-state index contributed by atoms with van der Waals surface area (Å²) in [7, 11) is 0. The molecule has 0 radical (unpaired) electrons. The molecular weight excluding hydrogens is 334 g/mol. The lowest BCUT2D eigenvalue weighted by atomic mass is 10.0. The molecule has 5 heteroatoms. The first-order valence-electron chi connectivity index (χ1n) is 8.31. The second-order valence-electron chi connectivity index (χ2n) is 5.89. The fraction of sp³-hybridized carbons (Fsp3) is 0.200. The Morgan fingerprint density at radius 3 is 2.48 bits per heavy atom. The molecule has 3 aromatic rings. The van der Waals surface area contributed by atoms with Gasteiger partial charge < -0.3 is 10.3 Å². The quantitative estimate of drug-likeness (QED) is 0.570. The van der Waals surface area contributed by atoms with E-state index in [2.05, 4.69) is 15.3 Å². The Morgan fingerprint density at radius 2 is 1.88 bits per heavy atom. The van der Waals surface area contributed by atoms with E-state index in [1.54, 1.807) is 12.5 Å². The van der Waals surface area contributed by atoms with Gasteiger partial charge in [0.25, 0.3) is 0 Å². The maximum atomic E-state index is 12.0. The van der Waals surface area contributed by atoms with Crippen LogP contribution in [0.15, 0.2) is 61.1 Å². The largest absolute Gasteiger partial charge is 0.373 e. The minimum Gasteiger partial charge on any atom is -0.373 e. The molecule has 0 bridgehead atoms. The highest BCUT2D eigenvalue weighted by Gasteiger charge is 2.16. The van der Waals surface area contributed by atoms with Gasteiger partial charge in [-0.1, -0.05) is 30.7 Å². The summed E-state index contributed by atoms with van der Waals surface area (Å²) in [6.07, 6.45) is 4.89. The van der Waals surface area contributed by atoms with E-state index >= 15 is 0 Å². The van der Waals surface area contributed by atoms with Crippen LogP contribution in [-0.2, 0) is 0 Å². The fourth-order valence-corrected chi connectivity index (χ4v) is 2.84. The van der Waals surface area contributed by atoms with Crippen LogP contribution < -0.4 is 5.32 Å². The van der Waals surface area contributed by atoms with Crippen molar-refractivity contribution in [3.63, 3.8) is 0 Å². The number of nitrogens with one attached hydrogen (secondary N) is 2. The molecule has 0 spiro atoms. The zero-order valence-corrected chi connectivity index (χ0v) is 14.8. The second kappa shape index (κ2) is 7.99. The molecule has 2 N–H and O–H groups in total. The number of anilines is 1. The van der Waals surface area contributed by atoms with E-state index in [4.69, 9.17) is 11.6 Å². The highest BCUT2D eigenvalue weighted by molar-refractivity contribution is 6.30. The molecule has 1 unspecified atom stereocenters. The molecule has 1 atom stereocenters. The molecule has 1 heterocycles. The highest BCUT2D eigenvalue weighted by atomic mass is 35.5. The van der Waals surface area contributed by atoms with Gasteiger partial charge in [0, 0.05) is 22.7 Å². The minimum atomic E-state index is -0.0861. The van der Waals surface area contributed by atoms with Crippen LogP contribution in [0.3, 0.4) is 0 Å². The summed E-state index contributed by atoms with van der Waals surface area (Å²) in [6, 6.07) is 15.2. The Balaban J connectivity index is 1.83. The zero-order valence-electron chi connectivity index (χ0n) is 14.0. The summed E-state index contributed by atoms with van der Waals surface area (Å²) in [5.74, 6) is 0.178. The van der Waals surface area contributed by atoms with E-state index in [1.807, 2.05) is 55.5 Å². The van der Waals surface area contributed by atoms with Gasteiger partial charge in [0.1, 0.15) is 0 Å². The van der Waals surface area contributed by atoms with Crippen molar-refractivity contribution in [2.24, 2.45) is 0 Å². The summed E-state index contributed by atoms with van der Waals surface area (Å²) in [6.45, 7) is 2.01. The third-order valence-corrected chi connectivity index (χ3v) is 4.28. The first-order valence-corrected chi connectivity index (χ1v) is 8.68. The van der Waals surface area contributed by atoms with E-state index in [0.29, 0.717) is 11.4 Å². The SMILES string of the molecule is CCCC(=O)c1ccc(NC(c2ccc(Cl)cc2)c2cnc[nH]2)cc1. The van der Waals surface area contributed by atoms with Gasteiger partial charge in [-0.25, -0.2) is 4.98 Å². The van der Waals surface area contributed by atoms with Gasteiger partial charge in [-0.3, -0.25) is 4.79 Å². The van der Waals surface area contributed by atoms with E-state index in [0.717, 1.165) is 28.9 Å². The number of ketones is 1. The van der Waals surface area contributed by atoms with Crippen molar-refractivity contribution < 1.29 is 4.79 Å². The predicted molar refractivity (Wildman–Crippen MR) is 101 cm³/mol. The third kappa shape index (κ3) is 4.28. The van der Waals surface area contributed by atoms with Gasteiger partial charge in [-0.2, -0.15) is 0 Å². The summed E-state index contributed by atoms with van der Waals surface area (Å²) in [5, 5.41) is 4.19. The number of hydrogen-bond acceptors (Lipinski definition) is 3. The van der Waals surface area contributed by atoms with E-state index in [9.17, 15) is 4.79 Å². The lowest BCUT2D eigenvalue weighted by molar-refractivity contribution is 0.0982. The van der Waals surface area contributed by atoms with Crippen molar-refractivity contribution in [1.29, 1.82) is 0 Å². The van der Waals surface area contributed by atoms with Crippen LogP contribution in [0.25, 0.3) is 0 Å². The van der Waals surface area contributed by atoms with E-state index in [-0.39, 0.29) is 11.8 Å². The van der Waals surface area contributed by atoms with Crippen LogP contribution in [0.4, 0.5) is 5.69 Å². The number of hydrogen-bond donors (Lipinski definition) is 2. The highest BCUT2D eigenvalue weighted by Crippen LogP contribution is 2.26. The molecule has 0 aliphatic carbocycles. The van der Waals surface area contributed by atoms with Crippen molar-refractivity contribution >= 4 is 23.1 Å². The molecule has 2 aromatic carbocycles. The average molecular weight is 354 g/mol. The van der Waals surface area contributed by atoms with Crippen LogP contribution in [0, 0.1) is 0 Å². The number of aromatic nitrogens is 2. The summed E-state index contributed by atoms with van der Waals surface area (Å²) < 4.78 is 0. The zero-order chi connectivity index (χ0) is 17.6. The number of imidazole rings is 1. The third-order valence-electron chi connectivity index (χ3n) is 4.03. The number of carbonyl (C=O) groups is 1. The standard InChI is InChI=1S/C20H20ClN3O/c1-2-3-19(25)14-6-10-17(11-7-14)24-20(18-12-22-13-23-18)15-4-8-16(21)9-5-15/h4-13,20,24H,2-3H2,1H3,(H,22,23). The molecule has 0 aliphatic heterocycles. The molecule has 0 saturated carbocycles. The second-order valence-corrected chi connectivity index (χ2v) is 6.32. The Hall–Kier alpha value is -2.59. The molecule has 0 saturated heterocycles. The normalized spacial score (nSPS) is 11.9. The monoisotopic (exact) mass is 353 g/mol. The number of carbonyl (C=O) groups excluding carboxylic acids is 1. The fourth-order valence-electron chi connectivity index (χ4n) is 2.71. The van der Waals surface area contributed by atoms with Crippen LogP contribution in [0.1, 0.15) is 47.4 Å². The molecule has 4 nitrogen and oxygen atoms in total. The minimum absolute atomic E-state index is 0.0861. The van der Waals surface area contributed by atoms with Crippen LogP contribution in [-0.4, -0.2) is 15.8 Å². The molecule has 1 aromatic heterocycles. The smallest absolute Gasteiger partial charge is 0.162 e. The number of rotatable bonds is 7. The van der Waals surface area contributed by atoms with Gasteiger partial charge in [-0.05, 0) is 48.4 Å². The van der Waals surface area contributed by atoms with Gasteiger partial charge >= 0.3 is 0 Å². The van der Waals surface area contributed by atoms with Gasteiger partial charge in [0.05, 0.1) is 24.3 Å². The van der Waals surface area contributed by atoms with Crippen molar-refractivity contribution in [2.75, 3.05) is 5.32 Å². The predicted octanol–water partition coefficient (Wildman–Crippen LogP) is 5.25. The Morgan fingerprint density at radius 1 is 1.16 bits per heavy atom. The molecule has 25 heavy (non-hydrogen) atoms. The van der Waals surface area contributed by atoms with Gasteiger partial charge in [0.2, 0.25) is 0 Å². The Kier molecular flexibility index (Phi) is 5.51. The number of Topliss-reactive ketones (excluding diaryl/α,β-unsaturated/α-hetero) is 1. The Bertz CT molecular complexity index is 811. The summed E-state index contributed by atoms with van der Waals surface area (Å²) in [4.78, 5) is 19.2. The number of nitrogens with zero attached hydrogens (tertiary/aromatic N) is 1. The average Bonchev–Trinajstić information content (AvgIpc) is 3.16. The van der Waals surface area contributed by atoms with Crippen molar-refractivity contribution in [2.45, 2.75) is 25.8 Å². The molecule has 128 valence electrons. The van der Waals surface area contributed by atoms with Gasteiger partial charge in [0.15, 0.2) is 5.78 Å². The van der Waals surface area contributed by atoms with Gasteiger partial charge in [-0.15, -0.1) is 0 Å². The number of aromatic amines is 1. The number of benzene rings is 2. The lowest BCUT2D eigenvalue weighted by Gasteiger charge is -2.19.